The predicted molar refractivity (Wildman–Crippen MR) is 111 cm³/mol. The van der Waals surface area contributed by atoms with Crippen LogP contribution >= 0.6 is 0 Å². The van der Waals surface area contributed by atoms with Crippen LogP contribution in [0.2, 0.25) is 0 Å². The lowest BCUT2D eigenvalue weighted by Crippen LogP contribution is -2.42. The molecule has 28 heavy (non-hydrogen) atoms. The first kappa shape index (κ1) is 19.4. The van der Waals surface area contributed by atoms with Gasteiger partial charge in [-0.15, -0.1) is 0 Å². The van der Waals surface area contributed by atoms with Gasteiger partial charge in [0.2, 0.25) is 5.91 Å². The maximum atomic E-state index is 12.6. The Bertz CT molecular complexity index is 995. The molecule has 0 bridgehead atoms. The molecule has 3 aromatic rings. The maximum absolute atomic E-state index is 12.6. The molecule has 5 nitrogen and oxygen atoms in total. The standard InChI is InChI=1S/C23H24N2O3/c1-16-8-6-11-19(14-16)28-17(2)23(27)25(3)15-22(26)24-21-13-7-10-18-9-4-5-12-20(18)21/h4-14,17H,15H2,1-3H3,(H,24,26)/t17-/m1/s1. The Kier molecular flexibility index (Phi) is 5.94. The molecule has 0 spiro atoms. The van der Waals surface area contributed by atoms with Gasteiger partial charge in [0.25, 0.3) is 5.91 Å². The van der Waals surface area contributed by atoms with E-state index >= 15 is 0 Å². The van der Waals surface area contributed by atoms with Crippen LogP contribution in [0, 0.1) is 6.92 Å². The van der Waals surface area contributed by atoms with Crippen molar-refractivity contribution in [2.45, 2.75) is 20.0 Å². The lowest BCUT2D eigenvalue weighted by molar-refractivity contribution is -0.139. The summed E-state index contributed by atoms with van der Waals surface area (Å²) in [6, 6.07) is 21.1. The fourth-order valence-corrected chi connectivity index (χ4v) is 3.07. The Morgan fingerprint density at radius 2 is 1.75 bits per heavy atom. The topological polar surface area (TPSA) is 58.6 Å². The first-order valence-electron chi connectivity index (χ1n) is 9.20. The Morgan fingerprint density at radius 1 is 1.04 bits per heavy atom. The van der Waals surface area contributed by atoms with Crippen molar-refractivity contribution in [3.63, 3.8) is 0 Å². The zero-order valence-electron chi connectivity index (χ0n) is 16.3. The number of rotatable bonds is 6. The number of nitrogens with one attached hydrogen (secondary N) is 1. The molecule has 0 aliphatic rings. The number of ether oxygens (including phenoxy) is 1. The van der Waals surface area contributed by atoms with Gasteiger partial charge in [-0.05, 0) is 43.0 Å². The summed E-state index contributed by atoms with van der Waals surface area (Å²) in [5.74, 6) is 0.124. The van der Waals surface area contributed by atoms with Gasteiger partial charge in [0.1, 0.15) is 5.75 Å². The van der Waals surface area contributed by atoms with Crippen LogP contribution in [0.1, 0.15) is 12.5 Å². The second kappa shape index (κ2) is 8.57. The van der Waals surface area contributed by atoms with Crippen molar-refractivity contribution < 1.29 is 14.3 Å². The maximum Gasteiger partial charge on any atom is 0.263 e. The van der Waals surface area contributed by atoms with E-state index in [0.29, 0.717) is 5.75 Å². The smallest absolute Gasteiger partial charge is 0.263 e. The van der Waals surface area contributed by atoms with Gasteiger partial charge in [-0.25, -0.2) is 0 Å². The average molecular weight is 376 g/mol. The summed E-state index contributed by atoms with van der Waals surface area (Å²) < 4.78 is 5.71. The molecule has 0 saturated carbocycles. The summed E-state index contributed by atoms with van der Waals surface area (Å²) >= 11 is 0. The largest absolute Gasteiger partial charge is 0.481 e. The van der Waals surface area contributed by atoms with E-state index < -0.39 is 6.10 Å². The van der Waals surface area contributed by atoms with Crippen LogP contribution in [0.4, 0.5) is 5.69 Å². The van der Waals surface area contributed by atoms with E-state index in [-0.39, 0.29) is 18.4 Å². The zero-order chi connectivity index (χ0) is 20.1. The van der Waals surface area contributed by atoms with Gasteiger partial charge < -0.3 is 15.0 Å². The Morgan fingerprint density at radius 3 is 2.54 bits per heavy atom. The summed E-state index contributed by atoms with van der Waals surface area (Å²) in [5.41, 5.74) is 1.79. The summed E-state index contributed by atoms with van der Waals surface area (Å²) in [4.78, 5) is 26.4. The number of carbonyl (C=O) groups is 2. The summed E-state index contributed by atoms with van der Waals surface area (Å²) in [6.07, 6.45) is -0.683. The monoisotopic (exact) mass is 376 g/mol. The van der Waals surface area contributed by atoms with Crippen molar-refractivity contribution >= 4 is 28.3 Å². The first-order valence-corrected chi connectivity index (χ1v) is 9.20. The second-order valence-corrected chi connectivity index (χ2v) is 6.85. The molecule has 0 aliphatic carbocycles. The van der Waals surface area contributed by atoms with Crippen LogP contribution in [0.15, 0.2) is 66.7 Å². The molecule has 1 N–H and O–H groups in total. The van der Waals surface area contributed by atoms with Crippen molar-refractivity contribution in [1.82, 2.24) is 4.90 Å². The zero-order valence-corrected chi connectivity index (χ0v) is 16.3. The summed E-state index contributed by atoms with van der Waals surface area (Å²) in [5, 5.41) is 4.90. The number of benzene rings is 3. The molecule has 2 amide bonds. The van der Waals surface area contributed by atoms with Crippen molar-refractivity contribution in [2.75, 3.05) is 18.9 Å². The van der Waals surface area contributed by atoms with Gasteiger partial charge in [-0.1, -0.05) is 48.5 Å². The number of anilines is 1. The number of nitrogens with zero attached hydrogens (tertiary/aromatic N) is 1. The molecule has 0 radical (unpaired) electrons. The van der Waals surface area contributed by atoms with E-state index in [9.17, 15) is 9.59 Å². The number of aryl methyl sites for hydroxylation is 1. The molecular formula is C23H24N2O3. The second-order valence-electron chi connectivity index (χ2n) is 6.85. The van der Waals surface area contributed by atoms with Crippen LogP contribution in [0.25, 0.3) is 10.8 Å². The van der Waals surface area contributed by atoms with Gasteiger partial charge in [0.05, 0.1) is 6.54 Å². The molecule has 5 heteroatoms. The Balaban J connectivity index is 1.60. The van der Waals surface area contributed by atoms with Crippen LogP contribution in [-0.2, 0) is 9.59 Å². The van der Waals surface area contributed by atoms with E-state index in [0.717, 1.165) is 22.0 Å². The van der Waals surface area contributed by atoms with E-state index in [4.69, 9.17) is 4.74 Å². The van der Waals surface area contributed by atoms with Gasteiger partial charge >= 0.3 is 0 Å². The number of likely N-dealkylation sites (N-methyl/N-ethyl adjacent to an activating group) is 1. The number of hydrogen-bond donors (Lipinski definition) is 1. The average Bonchev–Trinajstić information content (AvgIpc) is 2.67. The fraction of sp³-hybridized carbons (Fsp3) is 0.217. The third-order valence-corrected chi connectivity index (χ3v) is 4.47. The van der Waals surface area contributed by atoms with Gasteiger partial charge in [0, 0.05) is 18.1 Å². The minimum atomic E-state index is -0.683. The molecule has 0 saturated heterocycles. The number of amides is 2. The van der Waals surface area contributed by atoms with Gasteiger partial charge in [0.15, 0.2) is 6.10 Å². The van der Waals surface area contributed by atoms with E-state index in [1.807, 2.05) is 73.7 Å². The van der Waals surface area contributed by atoms with Crippen molar-refractivity contribution in [3.05, 3.63) is 72.3 Å². The van der Waals surface area contributed by atoms with Crippen LogP contribution in [0.3, 0.4) is 0 Å². The molecule has 0 aromatic heterocycles. The highest BCUT2D eigenvalue weighted by Crippen LogP contribution is 2.23. The molecule has 0 fully saturated rings. The van der Waals surface area contributed by atoms with Gasteiger partial charge in [-0.2, -0.15) is 0 Å². The minimum Gasteiger partial charge on any atom is -0.481 e. The normalized spacial score (nSPS) is 11.7. The molecule has 1 atom stereocenters. The lowest BCUT2D eigenvalue weighted by atomic mass is 10.1. The third kappa shape index (κ3) is 4.68. The molecule has 0 aliphatic heterocycles. The number of carbonyl (C=O) groups excluding carboxylic acids is 2. The SMILES string of the molecule is Cc1cccc(O[C@H](C)C(=O)N(C)CC(=O)Nc2cccc3ccccc23)c1. The summed E-state index contributed by atoms with van der Waals surface area (Å²) in [7, 11) is 1.60. The predicted octanol–water partition coefficient (Wildman–Crippen LogP) is 4.01. The number of fused-ring (bicyclic) bond motifs is 1. The highest BCUT2D eigenvalue weighted by molar-refractivity contribution is 6.03. The number of hydrogen-bond acceptors (Lipinski definition) is 3. The minimum absolute atomic E-state index is 0.0520. The first-order chi connectivity index (χ1) is 13.4. The van der Waals surface area contributed by atoms with E-state index in [2.05, 4.69) is 5.32 Å². The fourth-order valence-electron chi connectivity index (χ4n) is 3.07. The van der Waals surface area contributed by atoms with Crippen LogP contribution in [-0.4, -0.2) is 36.4 Å². The highest BCUT2D eigenvalue weighted by atomic mass is 16.5. The van der Waals surface area contributed by atoms with Crippen molar-refractivity contribution in [3.8, 4) is 5.75 Å². The molecular weight excluding hydrogens is 352 g/mol. The Hall–Kier alpha value is -3.34. The molecule has 0 unspecified atom stereocenters. The van der Waals surface area contributed by atoms with Crippen LogP contribution < -0.4 is 10.1 Å². The lowest BCUT2D eigenvalue weighted by Gasteiger charge is -2.22. The quantitative estimate of drug-likeness (QED) is 0.707. The highest BCUT2D eigenvalue weighted by Gasteiger charge is 2.21. The van der Waals surface area contributed by atoms with E-state index in [1.165, 1.54) is 4.90 Å². The van der Waals surface area contributed by atoms with E-state index in [1.54, 1.807) is 14.0 Å². The van der Waals surface area contributed by atoms with Crippen LogP contribution in [0.5, 0.6) is 5.75 Å². The molecule has 3 aromatic carbocycles. The molecule has 0 heterocycles. The van der Waals surface area contributed by atoms with Crippen molar-refractivity contribution in [1.29, 1.82) is 0 Å². The third-order valence-electron chi connectivity index (χ3n) is 4.47. The van der Waals surface area contributed by atoms with Gasteiger partial charge in [-0.3, -0.25) is 9.59 Å². The molecule has 144 valence electrons. The Labute approximate surface area is 164 Å². The van der Waals surface area contributed by atoms with Crippen molar-refractivity contribution in [2.24, 2.45) is 0 Å². The summed E-state index contributed by atoms with van der Waals surface area (Å²) in [6.45, 7) is 3.59. The molecule has 3 rings (SSSR count).